The Morgan fingerprint density at radius 1 is 1.12 bits per heavy atom. The normalized spacial score (nSPS) is 26.7. The largest absolute Gasteiger partial charge is 0.381 e. The highest BCUT2D eigenvalue weighted by Gasteiger charge is 2.53. The molecule has 132 valence electrons. The molecular formula is C17H24FN3O3. The first-order chi connectivity index (χ1) is 11.8. The Morgan fingerprint density at radius 3 is 2.62 bits per heavy atom. The zero-order valence-corrected chi connectivity index (χ0v) is 13.8. The molecule has 0 aliphatic carbocycles. The Bertz CT molecular complexity index is 545. The van der Waals surface area contributed by atoms with Gasteiger partial charge in [-0.05, 0) is 25.2 Å². The Kier molecular flexibility index (Phi) is 4.65. The Hall–Kier alpha value is -1.31. The predicted molar refractivity (Wildman–Crippen MR) is 85.4 cm³/mol. The Morgan fingerprint density at radius 2 is 1.88 bits per heavy atom. The van der Waals surface area contributed by atoms with Crippen molar-refractivity contribution in [3.8, 4) is 0 Å². The number of rotatable bonds is 5. The first-order valence-electron chi connectivity index (χ1n) is 8.77. The average molecular weight is 337 g/mol. The van der Waals surface area contributed by atoms with Crippen molar-refractivity contribution in [1.82, 2.24) is 9.97 Å². The fraction of sp³-hybridized carbons (Fsp3) is 0.765. The van der Waals surface area contributed by atoms with Crippen LogP contribution in [0.4, 0.5) is 10.3 Å². The zero-order valence-electron chi connectivity index (χ0n) is 13.8. The van der Waals surface area contributed by atoms with Crippen molar-refractivity contribution >= 4 is 5.95 Å². The van der Waals surface area contributed by atoms with Gasteiger partial charge < -0.3 is 19.1 Å². The van der Waals surface area contributed by atoms with E-state index in [4.69, 9.17) is 14.2 Å². The maximum atomic E-state index is 12.9. The second kappa shape index (κ2) is 6.90. The van der Waals surface area contributed by atoms with Crippen LogP contribution in [0.5, 0.6) is 0 Å². The molecule has 24 heavy (non-hydrogen) atoms. The Labute approximate surface area is 141 Å². The smallest absolute Gasteiger partial charge is 0.225 e. The van der Waals surface area contributed by atoms with Crippen LogP contribution in [0.15, 0.2) is 12.4 Å². The van der Waals surface area contributed by atoms with E-state index in [9.17, 15) is 4.39 Å². The summed E-state index contributed by atoms with van der Waals surface area (Å²) in [7, 11) is 0. The molecule has 3 saturated heterocycles. The van der Waals surface area contributed by atoms with Gasteiger partial charge in [0.2, 0.25) is 5.95 Å². The molecule has 4 rings (SSSR count). The topological polar surface area (TPSA) is 56.7 Å². The van der Waals surface area contributed by atoms with Gasteiger partial charge in [-0.3, -0.25) is 0 Å². The molecule has 0 N–H and O–H groups in total. The van der Waals surface area contributed by atoms with E-state index in [1.807, 2.05) is 4.90 Å². The predicted octanol–water partition coefficient (Wildman–Crippen LogP) is 1.65. The van der Waals surface area contributed by atoms with Crippen molar-refractivity contribution in [2.75, 3.05) is 51.0 Å². The van der Waals surface area contributed by atoms with Crippen molar-refractivity contribution in [3.05, 3.63) is 18.2 Å². The van der Waals surface area contributed by atoms with E-state index in [0.29, 0.717) is 17.8 Å². The molecule has 0 aromatic carbocycles. The van der Waals surface area contributed by atoms with Crippen LogP contribution in [0.2, 0.25) is 0 Å². The molecule has 4 heterocycles. The maximum Gasteiger partial charge on any atom is 0.225 e. The maximum absolute atomic E-state index is 12.9. The molecular weight excluding hydrogens is 313 g/mol. The number of anilines is 1. The van der Waals surface area contributed by atoms with Gasteiger partial charge in [0.1, 0.15) is 5.60 Å². The van der Waals surface area contributed by atoms with Gasteiger partial charge in [0.25, 0.3) is 0 Å². The number of ether oxygens (including phenoxy) is 3. The average Bonchev–Trinajstić information content (AvgIpc) is 2.99. The van der Waals surface area contributed by atoms with Gasteiger partial charge in [-0.2, -0.15) is 0 Å². The van der Waals surface area contributed by atoms with E-state index in [2.05, 4.69) is 9.97 Å². The van der Waals surface area contributed by atoms with Crippen LogP contribution in [0.1, 0.15) is 19.3 Å². The standard InChI is InChI=1S/C17H24FN3O3/c18-15-7-19-16(20-8-15)21-11-17(12-21)14(3-6-24-17)10-23-9-13-1-4-22-5-2-13/h7-8,13-14H,1-6,9-12H2/t14-/m1/s1. The van der Waals surface area contributed by atoms with Crippen LogP contribution in [0, 0.1) is 17.7 Å². The molecule has 1 atom stereocenters. The van der Waals surface area contributed by atoms with Crippen LogP contribution in [0.25, 0.3) is 0 Å². The molecule has 3 aliphatic rings. The number of nitrogens with zero attached hydrogens (tertiary/aromatic N) is 3. The lowest BCUT2D eigenvalue weighted by atomic mass is 9.81. The summed E-state index contributed by atoms with van der Waals surface area (Å²) in [5.41, 5.74) is -0.145. The van der Waals surface area contributed by atoms with Gasteiger partial charge in [0, 0.05) is 32.3 Å². The third-order valence-corrected chi connectivity index (χ3v) is 5.42. The molecule has 1 aromatic rings. The van der Waals surface area contributed by atoms with E-state index >= 15 is 0 Å². The minimum Gasteiger partial charge on any atom is -0.381 e. The summed E-state index contributed by atoms with van der Waals surface area (Å²) in [5, 5.41) is 0. The first-order valence-corrected chi connectivity index (χ1v) is 8.77. The lowest BCUT2D eigenvalue weighted by Crippen LogP contribution is -2.66. The second-order valence-electron chi connectivity index (χ2n) is 7.05. The van der Waals surface area contributed by atoms with Gasteiger partial charge in [-0.15, -0.1) is 0 Å². The van der Waals surface area contributed by atoms with Crippen LogP contribution in [-0.2, 0) is 14.2 Å². The molecule has 1 aromatic heterocycles. The lowest BCUT2D eigenvalue weighted by molar-refractivity contribution is -0.0698. The summed E-state index contributed by atoms with van der Waals surface area (Å²) in [6.45, 7) is 5.57. The van der Waals surface area contributed by atoms with E-state index in [1.165, 1.54) is 12.4 Å². The monoisotopic (exact) mass is 337 g/mol. The van der Waals surface area contributed by atoms with Gasteiger partial charge in [0.05, 0.1) is 32.1 Å². The highest BCUT2D eigenvalue weighted by molar-refractivity contribution is 5.38. The zero-order chi connectivity index (χ0) is 16.4. The van der Waals surface area contributed by atoms with Crippen LogP contribution in [0.3, 0.4) is 0 Å². The molecule has 0 bridgehead atoms. The number of hydrogen-bond donors (Lipinski definition) is 0. The highest BCUT2D eigenvalue weighted by atomic mass is 19.1. The minimum atomic E-state index is -0.412. The van der Waals surface area contributed by atoms with E-state index in [1.54, 1.807) is 0 Å². The summed E-state index contributed by atoms with van der Waals surface area (Å²) in [6.07, 6.45) is 5.64. The first kappa shape index (κ1) is 16.2. The van der Waals surface area contributed by atoms with Crippen molar-refractivity contribution in [2.24, 2.45) is 11.8 Å². The summed E-state index contributed by atoms with van der Waals surface area (Å²) in [6, 6.07) is 0. The van der Waals surface area contributed by atoms with E-state index < -0.39 is 5.82 Å². The fourth-order valence-electron chi connectivity index (χ4n) is 3.87. The molecule has 7 heteroatoms. The molecule has 0 saturated carbocycles. The summed E-state index contributed by atoms with van der Waals surface area (Å²) < 4.78 is 30.4. The summed E-state index contributed by atoms with van der Waals surface area (Å²) in [4.78, 5) is 10.1. The van der Waals surface area contributed by atoms with Gasteiger partial charge >= 0.3 is 0 Å². The lowest BCUT2D eigenvalue weighted by Gasteiger charge is -2.50. The van der Waals surface area contributed by atoms with Crippen molar-refractivity contribution in [1.29, 1.82) is 0 Å². The van der Waals surface area contributed by atoms with Crippen LogP contribution < -0.4 is 4.90 Å². The molecule has 1 spiro atoms. The molecule has 0 unspecified atom stereocenters. The number of hydrogen-bond acceptors (Lipinski definition) is 6. The Balaban J connectivity index is 1.27. The number of halogens is 1. The van der Waals surface area contributed by atoms with Gasteiger partial charge in [-0.25, -0.2) is 14.4 Å². The van der Waals surface area contributed by atoms with Crippen molar-refractivity contribution < 1.29 is 18.6 Å². The fourth-order valence-corrected chi connectivity index (χ4v) is 3.87. The molecule has 0 radical (unpaired) electrons. The van der Waals surface area contributed by atoms with Crippen molar-refractivity contribution in [2.45, 2.75) is 24.9 Å². The molecule has 3 fully saturated rings. The number of aromatic nitrogens is 2. The van der Waals surface area contributed by atoms with Gasteiger partial charge in [-0.1, -0.05) is 0 Å². The molecule has 3 aliphatic heterocycles. The molecule has 6 nitrogen and oxygen atoms in total. The second-order valence-corrected chi connectivity index (χ2v) is 7.05. The summed E-state index contributed by atoms with van der Waals surface area (Å²) >= 11 is 0. The van der Waals surface area contributed by atoms with Gasteiger partial charge in [0.15, 0.2) is 5.82 Å². The SMILES string of the molecule is Fc1cnc(N2CC3(C2)OCC[C@@H]3COCC2CCOCC2)nc1. The third kappa shape index (κ3) is 3.25. The minimum absolute atomic E-state index is 0.145. The highest BCUT2D eigenvalue weighted by Crippen LogP contribution is 2.41. The van der Waals surface area contributed by atoms with E-state index in [-0.39, 0.29) is 5.60 Å². The van der Waals surface area contributed by atoms with E-state index in [0.717, 1.165) is 65.4 Å². The summed E-state index contributed by atoms with van der Waals surface area (Å²) in [5.74, 6) is 1.20. The quantitative estimate of drug-likeness (QED) is 0.814. The van der Waals surface area contributed by atoms with Crippen LogP contribution in [-0.4, -0.2) is 61.7 Å². The molecule has 0 amide bonds. The van der Waals surface area contributed by atoms with Crippen molar-refractivity contribution in [3.63, 3.8) is 0 Å². The third-order valence-electron chi connectivity index (χ3n) is 5.42. The van der Waals surface area contributed by atoms with Crippen LogP contribution >= 0.6 is 0 Å².